The zero-order valence-electron chi connectivity index (χ0n) is 14.8. The lowest BCUT2D eigenvalue weighted by Gasteiger charge is -2.17. The number of benzene rings is 2. The van der Waals surface area contributed by atoms with Gasteiger partial charge in [-0.25, -0.2) is 4.39 Å². The number of aryl methyl sites for hydroxylation is 1. The van der Waals surface area contributed by atoms with Crippen LogP contribution >= 0.6 is 22.6 Å². The van der Waals surface area contributed by atoms with Crippen molar-refractivity contribution in [2.45, 2.75) is 19.8 Å². The van der Waals surface area contributed by atoms with Gasteiger partial charge in [0, 0.05) is 22.3 Å². The van der Waals surface area contributed by atoms with Gasteiger partial charge in [-0.05, 0) is 97.4 Å². The van der Waals surface area contributed by atoms with Crippen molar-refractivity contribution in [3.63, 3.8) is 0 Å². The van der Waals surface area contributed by atoms with E-state index < -0.39 is 0 Å². The zero-order valence-corrected chi connectivity index (χ0v) is 17.0. The maximum atomic E-state index is 13.8. The molecule has 0 aromatic heterocycles. The number of amides is 1. The van der Waals surface area contributed by atoms with Crippen LogP contribution in [0.4, 0.5) is 15.8 Å². The van der Waals surface area contributed by atoms with E-state index >= 15 is 0 Å². The predicted octanol–water partition coefficient (Wildman–Crippen LogP) is 4.31. The molecule has 2 N–H and O–H groups in total. The van der Waals surface area contributed by atoms with Gasteiger partial charge in [0.1, 0.15) is 5.82 Å². The van der Waals surface area contributed by atoms with E-state index in [4.69, 9.17) is 0 Å². The number of hydrogen-bond acceptors (Lipinski definition) is 3. The lowest BCUT2D eigenvalue weighted by molar-refractivity contribution is 0.0950. The highest BCUT2D eigenvalue weighted by molar-refractivity contribution is 14.1. The summed E-state index contributed by atoms with van der Waals surface area (Å²) in [6, 6.07) is 10.2. The second-order valence-corrected chi connectivity index (χ2v) is 7.82. The molecule has 1 aliphatic heterocycles. The SMILES string of the molecule is Cc1cc(I)ccc1Nc1cc(F)ccc1C(=O)NCCN1CCCC1. The molecule has 1 saturated heterocycles. The van der Waals surface area contributed by atoms with Crippen LogP contribution < -0.4 is 10.6 Å². The molecule has 0 aliphatic carbocycles. The summed E-state index contributed by atoms with van der Waals surface area (Å²) in [6.07, 6.45) is 2.46. The quantitative estimate of drug-likeness (QED) is 0.623. The first kappa shape index (κ1) is 19.1. The van der Waals surface area contributed by atoms with E-state index in [9.17, 15) is 9.18 Å². The van der Waals surface area contributed by atoms with Crippen LogP contribution in [-0.4, -0.2) is 37.0 Å². The normalized spacial score (nSPS) is 14.4. The van der Waals surface area contributed by atoms with Crippen LogP contribution in [0.15, 0.2) is 36.4 Å². The second kappa shape index (κ2) is 8.81. The summed E-state index contributed by atoms with van der Waals surface area (Å²) in [5.74, 6) is -0.556. The Labute approximate surface area is 167 Å². The molecule has 0 atom stereocenters. The lowest BCUT2D eigenvalue weighted by atomic mass is 10.1. The molecule has 1 fully saturated rings. The van der Waals surface area contributed by atoms with Crippen LogP contribution in [-0.2, 0) is 0 Å². The average molecular weight is 467 g/mol. The molecule has 6 heteroatoms. The highest BCUT2D eigenvalue weighted by Crippen LogP contribution is 2.25. The summed E-state index contributed by atoms with van der Waals surface area (Å²) in [5, 5.41) is 6.16. The van der Waals surface area contributed by atoms with Crippen molar-refractivity contribution < 1.29 is 9.18 Å². The molecule has 138 valence electrons. The monoisotopic (exact) mass is 467 g/mol. The third-order valence-corrected chi connectivity index (χ3v) is 5.27. The first-order valence-corrected chi connectivity index (χ1v) is 9.94. The molecule has 1 amide bonds. The number of carbonyl (C=O) groups excluding carboxylic acids is 1. The zero-order chi connectivity index (χ0) is 18.5. The molecular formula is C20H23FIN3O. The van der Waals surface area contributed by atoms with Gasteiger partial charge in [-0.15, -0.1) is 0 Å². The number of rotatable bonds is 6. The number of nitrogens with one attached hydrogen (secondary N) is 2. The van der Waals surface area contributed by atoms with Crippen LogP contribution in [0, 0.1) is 16.3 Å². The van der Waals surface area contributed by atoms with Gasteiger partial charge in [0.25, 0.3) is 5.91 Å². The molecule has 3 rings (SSSR count). The minimum absolute atomic E-state index is 0.185. The molecule has 0 spiro atoms. The Morgan fingerprint density at radius 2 is 1.92 bits per heavy atom. The smallest absolute Gasteiger partial charge is 0.253 e. The third kappa shape index (κ3) is 4.94. The number of anilines is 2. The van der Waals surface area contributed by atoms with Gasteiger partial charge in [-0.1, -0.05) is 0 Å². The molecule has 1 heterocycles. The van der Waals surface area contributed by atoms with Gasteiger partial charge in [0.15, 0.2) is 0 Å². The lowest BCUT2D eigenvalue weighted by Crippen LogP contribution is -2.33. The summed E-state index contributed by atoms with van der Waals surface area (Å²) in [6.45, 7) is 5.64. The fraction of sp³-hybridized carbons (Fsp3) is 0.350. The number of likely N-dealkylation sites (tertiary alicyclic amines) is 1. The van der Waals surface area contributed by atoms with E-state index in [2.05, 4.69) is 38.1 Å². The van der Waals surface area contributed by atoms with Crippen LogP contribution in [0.3, 0.4) is 0 Å². The van der Waals surface area contributed by atoms with Crippen molar-refractivity contribution in [1.82, 2.24) is 10.2 Å². The van der Waals surface area contributed by atoms with E-state index in [0.29, 0.717) is 17.8 Å². The minimum Gasteiger partial charge on any atom is -0.355 e. The minimum atomic E-state index is -0.371. The maximum absolute atomic E-state index is 13.8. The molecule has 2 aromatic carbocycles. The molecule has 1 aliphatic rings. The van der Waals surface area contributed by atoms with Gasteiger partial charge in [-0.2, -0.15) is 0 Å². The molecular weight excluding hydrogens is 444 g/mol. The Morgan fingerprint density at radius 1 is 1.15 bits per heavy atom. The second-order valence-electron chi connectivity index (χ2n) is 6.58. The summed E-state index contributed by atoms with van der Waals surface area (Å²) >= 11 is 2.25. The Kier molecular flexibility index (Phi) is 6.48. The van der Waals surface area contributed by atoms with Gasteiger partial charge < -0.3 is 15.5 Å². The van der Waals surface area contributed by atoms with Gasteiger partial charge >= 0.3 is 0 Å². The van der Waals surface area contributed by atoms with Gasteiger partial charge in [-0.3, -0.25) is 4.79 Å². The van der Waals surface area contributed by atoms with Gasteiger partial charge in [0.05, 0.1) is 11.3 Å². The first-order valence-electron chi connectivity index (χ1n) is 8.86. The molecule has 0 saturated carbocycles. The largest absolute Gasteiger partial charge is 0.355 e. The van der Waals surface area contributed by atoms with Crippen molar-refractivity contribution in [3.05, 3.63) is 56.9 Å². The number of nitrogens with zero attached hydrogens (tertiary/aromatic N) is 1. The van der Waals surface area contributed by atoms with Crippen molar-refractivity contribution in [2.75, 3.05) is 31.5 Å². The third-order valence-electron chi connectivity index (χ3n) is 4.60. The molecule has 0 bridgehead atoms. The first-order chi connectivity index (χ1) is 12.5. The summed E-state index contributed by atoms with van der Waals surface area (Å²) < 4.78 is 14.9. The molecule has 0 radical (unpaired) electrons. The summed E-state index contributed by atoms with van der Waals surface area (Å²) in [4.78, 5) is 14.9. The summed E-state index contributed by atoms with van der Waals surface area (Å²) in [7, 11) is 0. The number of halogens is 2. The summed E-state index contributed by atoms with van der Waals surface area (Å²) in [5.41, 5.74) is 2.84. The predicted molar refractivity (Wildman–Crippen MR) is 112 cm³/mol. The van der Waals surface area contributed by atoms with Crippen molar-refractivity contribution in [3.8, 4) is 0 Å². The molecule has 0 unspecified atom stereocenters. The van der Waals surface area contributed by atoms with Crippen LogP contribution in [0.5, 0.6) is 0 Å². The van der Waals surface area contributed by atoms with E-state index in [1.807, 2.05) is 25.1 Å². The molecule has 2 aromatic rings. The Bertz CT molecular complexity index is 791. The fourth-order valence-electron chi connectivity index (χ4n) is 3.16. The fourth-order valence-corrected chi connectivity index (χ4v) is 3.81. The maximum Gasteiger partial charge on any atom is 0.253 e. The standard InChI is InChI=1S/C20H23FIN3O/c1-14-12-16(22)5-7-18(14)24-19-13-15(21)4-6-17(19)20(26)23-8-11-25-9-2-3-10-25/h4-7,12-13,24H,2-3,8-11H2,1H3,(H,23,26). The highest BCUT2D eigenvalue weighted by atomic mass is 127. The van der Waals surface area contributed by atoms with Crippen molar-refractivity contribution in [1.29, 1.82) is 0 Å². The van der Waals surface area contributed by atoms with E-state index in [1.165, 1.54) is 31.0 Å². The van der Waals surface area contributed by atoms with E-state index in [-0.39, 0.29) is 11.7 Å². The Balaban J connectivity index is 1.71. The number of hydrogen-bond donors (Lipinski definition) is 2. The highest BCUT2D eigenvalue weighted by Gasteiger charge is 2.15. The number of carbonyl (C=O) groups is 1. The van der Waals surface area contributed by atoms with Crippen molar-refractivity contribution in [2.24, 2.45) is 0 Å². The Morgan fingerprint density at radius 3 is 2.65 bits per heavy atom. The van der Waals surface area contributed by atoms with Gasteiger partial charge in [0.2, 0.25) is 0 Å². The topological polar surface area (TPSA) is 44.4 Å². The van der Waals surface area contributed by atoms with Crippen LogP contribution in [0.1, 0.15) is 28.8 Å². The Hall–Kier alpha value is -1.67. The van der Waals surface area contributed by atoms with Crippen LogP contribution in [0.25, 0.3) is 0 Å². The average Bonchev–Trinajstić information content (AvgIpc) is 3.11. The van der Waals surface area contributed by atoms with E-state index in [0.717, 1.165) is 34.5 Å². The van der Waals surface area contributed by atoms with E-state index in [1.54, 1.807) is 0 Å². The van der Waals surface area contributed by atoms with Crippen molar-refractivity contribution >= 4 is 39.9 Å². The molecule has 26 heavy (non-hydrogen) atoms. The van der Waals surface area contributed by atoms with Crippen LogP contribution in [0.2, 0.25) is 0 Å². The molecule has 4 nitrogen and oxygen atoms in total.